The van der Waals surface area contributed by atoms with Crippen LogP contribution in [0.1, 0.15) is 0 Å². The Morgan fingerprint density at radius 2 is 2.12 bits per heavy atom. The molecule has 86 valence electrons. The molecule has 0 fully saturated rings. The number of fused-ring (bicyclic) bond motifs is 1. The molecule has 1 aromatic carbocycles. The number of thiophene rings is 1. The zero-order valence-electron chi connectivity index (χ0n) is 8.30. The van der Waals surface area contributed by atoms with Crippen molar-refractivity contribution in [1.29, 1.82) is 0 Å². The van der Waals surface area contributed by atoms with Gasteiger partial charge in [-0.25, -0.2) is 9.37 Å². The molecule has 1 N–H and O–H groups in total. The van der Waals surface area contributed by atoms with Crippen LogP contribution in [0.3, 0.4) is 0 Å². The number of aromatic nitrogens is 2. The Kier molecular flexibility index (Phi) is 2.80. The summed E-state index contributed by atoms with van der Waals surface area (Å²) in [6.45, 7) is 0. The predicted molar refractivity (Wildman–Crippen MR) is 74.8 cm³/mol. The number of rotatable bonds is 1. The van der Waals surface area contributed by atoms with Crippen molar-refractivity contribution in [3.63, 3.8) is 0 Å². The van der Waals surface area contributed by atoms with Gasteiger partial charge in [-0.15, -0.1) is 11.3 Å². The number of H-pyrrole nitrogens is 1. The van der Waals surface area contributed by atoms with Crippen molar-refractivity contribution in [2.24, 2.45) is 0 Å². The van der Waals surface area contributed by atoms with Gasteiger partial charge in [-0.1, -0.05) is 6.07 Å². The minimum Gasteiger partial charge on any atom is -0.337 e. The number of aromatic amines is 1. The van der Waals surface area contributed by atoms with Crippen molar-refractivity contribution in [2.75, 3.05) is 0 Å². The maximum Gasteiger partial charge on any atom is 0.151 e. The van der Waals surface area contributed by atoms with Gasteiger partial charge in [0.1, 0.15) is 11.3 Å². The molecule has 0 spiro atoms. The molecule has 3 aromatic rings. The van der Waals surface area contributed by atoms with Gasteiger partial charge in [-0.2, -0.15) is 0 Å². The monoisotopic (exact) mass is 374 g/mol. The van der Waals surface area contributed by atoms with Crippen LogP contribution in [0.5, 0.6) is 0 Å². The number of imidazole rings is 1. The van der Waals surface area contributed by atoms with E-state index in [4.69, 9.17) is 0 Å². The molecule has 17 heavy (non-hydrogen) atoms. The second-order valence-electron chi connectivity index (χ2n) is 3.45. The van der Waals surface area contributed by atoms with E-state index in [2.05, 4.69) is 41.8 Å². The van der Waals surface area contributed by atoms with Crippen LogP contribution < -0.4 is 0 Å². The molecule has 2 heterocycles. The first kappa shape index (κ1) is 11.4. The van der Waals surface area contributed by atoms with E-state index < -0.39 is 0 Å². The standard InChI is InChI=1S/C11H5Br2FN2S/c12-5-4-8(17-10(5)13)11-15-7-3-1-2-6(14)9(7)16-11/h1-4H,(H,15,16). The number of nitrogens with one attached hydrogen (secondary N) is 1. The normalized spacial score (nSPS) is 11.2. The topological polar surface area (TPSA) is 28.7 Å². The van der Waals surface area contributed by atoms with Gasteiger partial charge in [0, 0.05) is 4.47 Å². The molecular formula is C11H5Br2FN2S. The molecule has 0 saturated heterocycles. The fourth-order valence-corrected chi connectivity index (χ4v) is 3.56. The molecule has 0 amide bonds. The first-order valence-corrected chi connectivity index (χ1v) is 7.15. The van der Waals surface area contributed by atoms with Crippen LogP contribution in [0.15, 0.2) is 32.5 Å². The van der Waals surface area contributed by atoms with Crippen LogP contribution in [-0.2, 0) is 0 Å². The fourth-order valence-electron chi connectivity index (χ4n) is 1.58. The summed E-state index contributed by atoms with van der Waals surface area (Å²) in [5, 5.41) is 0. The number of hydrogen-bond acceptors (Lipinski definition) is 2. The van der Waals surface area contributed by atoms with E-state index in [1.54, 1.807) is 17.4 Å². The third-order valence-electron chi connectivity index (χ3n) is 2.34. The molecule has 2 aromatic heterocycles. The highest BCUT2D eigenvalue weighted by Crippen LogP contribution is 2.37. The van der Waals surface area contributed by atoms with Crippen molar-refractivity contribution < 1.29 is 4.39 Å². The summed E-state index contributed by atoms with van der Waals surface area (Å²) in [5.41, 5.74) is 1.09. The largest absolute Gasteiger partial charge is 0.337 e. The summed E-state index contributed by atoms with van der Waals surface area (Å²) in [4.78, 5) is 8.34. The number of para-hydroxylation sites is 1. The van der Waals surface area contributed by atoms with E-state index in [0.717, 1.165) is 13.1 Å². The van der Waals surface area contributed by atoms with Crippen LogP contribution in [0.4, 0.5) is 4.39 Å². The highest BCUT2D eigenvalue weighted by molar-refractivity contribution is 9.13. The predicted octanol–water partition coefficient (Wildman–Crippen LogP) is 4.96. The van der Waals surface area contributed by atoms with Gasteiger partial charge in [0.25, 0.3) is 0 Å². The molecule has 0 saturated carbocycles. The van der Waals surface area contributed by atoms with Crippen molar-refractivity contribution in [2.45, 2.75) is 0 Å². The molecule has 2 nitrogen and oxygen atoms in total. The molecule has 6 heteroatoms. The number of nitrogens with zero attached hydrogens (tertiary/aromatic N) is 1. The van der Waals surface area contributed by atoms with Crippen molar-refractivity contribution >= 4 is 54.2 Å². The third kappa shape index (κ3) is 1.94. The Labute approximate surface area is 117 Å². The minimum absolute atomic E-state index is 0.306. The lowest BCUT2D eigenvalue weighted by Gasteiger charge is -1.86. The Morgan fingerprint density at radius 3 is 2.76 bits per heavy atom. The summed E-state index contributed by atoms with van der Waals surface area (Å²) >= 11 is 8.39. The second-order valence-corrected chi connectivity index (χ2v) is 6.68. The highest BCUT2D eigenvalue weighted by atomic mass is 79.9. The molecular weight excluding hydrogens is 371 g/mol. The maximum atomic E-state index is 13.5. The Hall–Kier alpha value is -0.720. The zero-order valence-corrected chi connectivity index (χ0v) is 12.3. The Morgan fingerprint density at radius 1 is 1.29 bits per heavy atom. The van der Waals surface area contributed by atoms with Crippen LogP contribution in [0.25, 0.3) is 21.7 Å². The van der Waals surface area contributed by atoms with Gasteiger partial charge in [-0.05, 0) is 50.1 Å². The molecule has 0 radical (unpaired) electrons. The summed E-state index contributed by atoms with van der Waals surface area (Å²) in [6.07, 6.45) is 0. The summed E-state index contributed by atoms with van der Waals surface area (Å²) in [7, 11) is 0. The molecule has 3 rings (SSSR count). The van der Waals surface area contributed by atoms with Gasteiger partial charge in [0.05, 0.1) is 14.2 Å². The summed E-state index contributed by atoms with van der Waals surface area (Å²) in [5.74, 6) is 0.376. The Bertz CT molecular complexity index is 685. The fraction of sp³-hybridized carbons (Fsp3) is 0. The van der Waals surface area contributed by atoms with Crippen LogP contribution in [0.2, 0.25) is 0 Å². The van der Waals surface area contributed by atoms with Gasteiger partial charge >= 0.3 is 0 Å². The molecule has 0 bridgehead atoms. The van der Waals surface area contributed by atoms with E-state index in [-0.39, 0.29) is 5.82 Å². The van der Waals surface area contributed by atoms with Crippen LogP contribution >= 0.6 is 43.2 Å². The first-order valence-electron chi connectivity index (χ1n) is 4.74. The molecule has 0 aliphatic heterocycles. The van der Waals surface area contributed by atoms with E-state index in [9.17, 15) is 4.39 Å². The quantitative estimate of drug-likeness (QED) is 0.640. The number of benzene rings is 1. The lowest BCUT2D eigenvalue weighted by Crippen LogP contribution is -1.75. The van der Waals surface area contributed by atoms with E-state index >= 15 is 0 Å². The molecule has 0 atom stereocenters. The van der Waals surface area contributed by atoms with Gasteiger partial charge in [0.2, 0.25) is 0 Å². The van der Waals surface area contributed by atoms with Crippen molar-refractivity contribution in [3.05, 3.63) is 38.3 Å². The minimum atomic E-state index is -0.306. The van der Waals surface area contributed by atoms with Gasteiger partial charge in [-0.3, -0.25) is 0 Å². The van der Waals surface area contributed by atoms with Crippen LogP contribution in [-0.4, -0.2) is 9.97 Å². The smallest absolute Gasteiger partial charge is 0.151 e. The second kappa shape index (κ2) is 4.19. The third-order valence-corrected chi connectivity index (χ3v) is 5.60. The average molecular weight is 376 g/mol. The van der Waals surface area contributed by atoms with Crippen LogP contribution in [0, 0.1) is 5.82 Å². The van der Waals surface area contributed by atoms with E-state index in [0.29, 0.717) is 16.9 Å². The Balaban J connectivity index is 2.21. The van der Waals surface area contributed by atoms with E-state index in [1.807, 2.05) is 12.1 Å². The zero-order chi connectivity index (χ0) is 12.0. The highest BCUT2D eigenvalue weighted by Gasteiger charge is 2.12. The summed E-state index contributed by atoms with van der Waals surface area (Å²) < 4.78 is 15.5. The summed E-state index contributed by atoms with van der Waals surface area (Å²) in [6, 6.07) is 6.84. The van der Waals surface area contributed by atoms with Crippen molar-refractivity contribution in [1.82, 2.24) is 9.97 Å². The molecule has 0 aliphatic rings. The van der Waals surface area contributed by atoms with Gasteiger partial charge < -0.3 is 4.98 Å². The number of halogens is 3. The average Bonchev–Trinajstić information content (AvgIpc) is 2.85. The lowest BCUT2D eigenvalue weighted by molar-refractivity contribution is 0.637. The van der Waals surface area contributed by atoms with E-state index in [1.165, 1.54) is 6.07 Å². The molecule has 0 aliphatic carbocycles. The number of hydrogen-bond donors (Lipinski definition) is 1. The lowest BCUT2D eigenvalue weighted by atomic mass is 10.3. The van der Waals surface area contributed by atoms with Crippen molar-refractivity contribution in [3.8, 4) is 10.7 Å². The molecule has 0 unspecified atom stereocenters. The SMILES string of the molecule is Fc1cccc2[nH]c(-c3cc(Br)c(Br)s3)nc12. The van der Waals surface area contributed by atoms with Gasteiger partial charge in [0.15, 0.2) is 5.82 Å². The first-order chi connectivity index (χ1) is 8.15. The maximum absolute atomic E-state index is 13.5.